The Morgan fingerprint density at radius 3 is 2.10 bits per heavy atom. The van der Waals surface area contributed by atoms with Gasteiger partial charge in [0.15, 0.2) is 0 Å². The van der Waals surface area contributed by atoms with Crippen LogP contribution in [0.2, 0.25) is 0 Å². The highest BCUT2D eigenvalue weighted by molar-refractivity contribution is 14.1. The van der Waals surface area contributed by atoms with Gasteiger partial charge in [0, 0.05) is 19.8 Å². The number of benzene rings is 3. The van der Waals surface area contributed by atoms with Crippen LogP contribution in [0, 0.1) is 10.5 Å². The molecule has 0 aliphatic rings. The summed E-state index contributed by atoms with van der Waals surface area (Å²) in [5, 5.41) is 2.85. The maximum atomic E-state index is 12.4. The molecule has 5 nitrogen and oxygen atoms in total. The molecule has 0 heterocycles. The first kappa shape index (κ1) is 21.7. The van der Waals surface area contributed by atoms with E-state index < -0.39 is 10.0 Å². The number of hydrogen-bond donors (Lipinski definition) is 2. The third kappa shape index (κ3) is 6.48. The van der Waals surface area contributed by atoms with Crippen LogP contribution in [0.4, 0.5) is 11.4 Å². The fourth-order valence-corrected chi connectivity index (χ4v) is 4.55. The number of anilines is 2. The van der Waals surface area contributed by atoms with Crippen molar-refractivity contribution in [1.29, 1.82) is 0 Å². The fraction of sp³-hybridized carbons (Fsp3) is 0.0952. The molecule has 0 atom stereocenters. The van der Waals surface area contributed by atoms with E-state index in [1.54, 1.807) is 48.5 Å². The Hall–Kier alpha value is -2.04. The normalized spacial score (nSPS) is 11.1. The minimum absolute atomic E-state index is 0.0969. The zero-order chi connectivity index (χ0) is 20.9. The van der Waals surface area contributed by atoms with E-state index in [9.17, 15) is 13.2 Å². The number of halogens is 1. The zero-order valence-corrected chi connectivity index (χ0v) is 19.3. The first-order valence-corrected chi connectivity index (χ1v) is 12.2. The van der Waals surface area contributed by atoms with E-state index in [0.29, 0.717) is 5.69 Å². The second kappa shape index (κ2) is 9.64. The van der Waals surface area contributed by atoms with Crippen molar-refractivity contribution in [1.82, 2.24) is 0 Å². The van der Waals surface area contributed by atoms with Crippen molar-refractivity contribution >= 4 is 61.7 Å². The van der Waals surface area contributed by atoms with Gasteiger partial charge in [-0.1, -0.05) is 17.7 Å². The summed E-state index contributed by atoms with van der Waals surface area (Å²) >= 11 is 3.59. The summed E-state index contributed by atoms with van der Waals surface area (Å²) in [6.45, 7) is 1.90. The molecule has 0 bridgehead atoms. The predicted octanol–water partition coefficient (Wildman–Crippen LogP) is 5.13. The van der Waals surface area contributed by atoms with Gasteiger partial charge in [0.05, 0.1) is 10.6 Å². The van der Waals surface area contributed by atoms with Gasteiger partial charge in [-0.15, -0.1) is 11.8 Å². The highest BCUT2D eigenvalue weighted by atomic mass is 127. The molecule has 3 aromatic carbocycles. The van der Waals surface area contributed by atoms with Crippen molar-refractivity contribution in [2.45, 2.75) is 16.7 Å². The first-order chi connectivity index (χ1) is 13.8. The summed E-state index contributed by atoms with van der Waals surface area (Å²) in [6.07, 6.45) is 0. The number of amides is 1. The van der Waals surface area contributed by atoms with Crippen molar-refractivity contribution in [3.05, 3.63) is 81.9 Å². The number of thioether (sulfide) groups is 1. The Labute approximate surface area is 188 Å². The Morgan fingerprint density at radius 2 is 1.48 bits per heavy atom. The van der Waals surface area contributed by atoms with Crippen LogP contribution < -0.4 is 10.0 Å². The average Bonchev–Trinajstić information content (AvgIpc) is 2.69. The number of carbonyl (C=O) groups excluding carboxylic acids is 1. The lowest BCUT2D eigenvalue weighted by Crippen LogP contribution is -2.14. The maximum Gasteiger partial charge on any atom is 0.261 e. The molecule has 0 aliphatic heterocycles. The van der Waals surface area contributed by atoms with Crippen molar-refractivity contribution in [2.24, 2.45) is 0 Å². The van der Waals surface area contributed by atoms with Crippen LogP contribution in [0.3, 0.4) is 0 Å². The highest BCUT2D eigenvalue weighted by Gasteiger charge is 2.13. The summed E-state index contributed by atoms with van der Waals surface area (Å²) in [5.41, 5.74) is 2.23. The largest absolute Gasteiger partial charge is 0.325 e. The molecule has 1 amide bonds. The molecular weight excluding hydrogens is 519 g/mol. The molecule has 150 valence electrons. The summed E-state index contributed by atoms with van der Waals surface area (Å²) < 4.78 is 28.5. The lowest BCUT2D eigenvalue weighted by atomic mass is 10.2. The molecule has 2 N–H and O–H groups in total. The van der Waals surface area contributed by atoms with Crippen LogP contribution >= 0.6 is 34.4 Å². The van der Waals surface area contributed by atoms with E-state index >= 15 is 0 Å². The van der Waals surface area contributed by atoms with Gasteiger partial charge in [-0.05, 0) is 90.2 Å². The third-order valence-corrected chi connectivity index (χ3v) is 7.06. The van der Waals surface area contributed by atoms with Crippen LogP contribution in [-0.4, -0.2) is 20.1 Å². The van der Waals surface area contributed by atoms with E-state index in [-0.39, 0.29) is 16.6 Å². The number of aryl methyl sites for hydroxylation is 1. The van der Waals surface area contributed by atoms with Gasteiger partial charge in [-0.2, -0.15) is 0 Å². The molecule has 8 heteroatoms. The van der Waals surface area contributed by atoms with Gasteiger partial charge in [-0.25, -0.2) is 8.42 Å². The molecule has 0 spiro atoms. The number of hydrogen-bond acceptors (Lipinski definition) is 4. The summed E-state index contributed by atoms with van der Waals surface area (Å²) in [5.74, 6) is 0.167. The van der Waals surface area contributed by atoms with Gasteiger partial charge in [0.25, 0.3) is 10.0 Å². The topological polar surface area (TPSA) is 75.3 Å². The maximum absolute atomic E-state index is 12.4. The first-order valence-electron chi connectivity index (χ1n) is 8.70. The Bertz CT molecular complexity index is 1080. The third-order valence-electron chi connectivity index (χ3n) is 3.94. The van der Waals surface area contributed by atoms with Gasteiger partial charge in [-0.3, -0.25) is 9.52 Å². The van der Waals surface area contributed by atoms with E-state index in [1.807, 2.05) is 31.2 Å². The van der Waals surface area contributed by atoms with Gasteiger partial charge >= 0.3 is 0 Å². The molecule has 3 aromatic rings. The summed E-state index contributed by atoms with van der Waals surface area (Å²) in [7, 11) is -3.63. The zero-order valence-electron chi connectivity index (χ0n) is 15.6. The quantitative estimate of drug-likeness (QED) is 0.323. The Morgan fingerprint density at radius 1 is 0.897 bits per heavy atom. The van der Waals surface area contributed by atoms with Crippen molar-refractivity contribution in [3.63, 3.8) is 0 Å². The van der Waals surface area contributed by atoms with Gasteiger partial charge < -0.3 is 5.32 Å². The fourth-order valence-electron chi connectivity index (χ4n) is 2.43. The molecule has 3 rings (SSSR count). The highest BCUT2D eigenvalue weighted by Crippen LogP contribution is 2.23. The van der Waals surface area contributed by atoms with Crippen molar-refractivity contribution in [2.75, 3.05) is 15.8 Å². The Balaban J connectivity index is 1.55. The lowest BCUT2D eigenvalue weighted by Gasteiger charge is -2.09. The second-order valence-corrected chi connectivity index (χ2v) is 10.3. The van der Waals surface area contributed by atoms with E-state index in [0.717, 1.165) is 19.7 Å². The average molecular weight is 538 g/mol. The number of sulfonamides is 1. The summed E-state index contributed by atoms with van der Waals surface area (Å²) in [4.78, 5) is 13.2. The number of nitrogens with one attached hydrogen (secondary N) is 2. The molecule has 0 unspecified atom stereocenters. The van der Waals surface area contributed by atoms with E-state index in [2.05, 4.69) is 32.6 Å². The summed E-state index contributed by atoms with van der Waals surface area (Å²) in [6, 6.07) is 21.2. The van der Waals surface area contributed by atoms with Crippen LogP contribution in [0.1, 0.15) is 5.56 Å². The van der Waals surface area contributed by atoms with Crippen LogP contribution in [0.15, 0.2) is 82.6 Å². The van der Waals surface area contributed by atoms with Gasteiger partial charge in [0.2, 0.25) is 5.91 Å². The van der Waals surface area contributed by atoms with Crippen LogP contribution in [-0.2, 0) is 14.8 Å². The monoisotopic (exact) mass is 538 g/mol. The van der Waals surface area contributed by atoms with Crippen LogP contribution in [0.25, 0.3) is 0 Å². The molecular formula is C21H19IN2O3S2. The molecule has 0 aromatic heterocycles. The minimum atomic E-state index is -3.63. The van der Waals surface area contributed by atoms with Crippen molar-refractivity contribution < 1.29 is 13.2 Å². The van der Waals surface area contributed by atoms with E-state index in [4.69, 9.17) is 0 Å². The van der Waals surface area contributed by atoms with Crippen molar-refractivity contribution in [3.8, 4) is 0 Å². The lowest BCUT2D eigenvalue weighted by molar-refractivity contribution is -0.113. The van der Waals surface area contributed by atoms with Gasteiger partial charge in [0.1, 0.15) is 0 Å². The molecule has 0 aliphatic carbocycles. The molecule has 0 fully saturated rings. The smallest absolute Gasteiger partial charge is 0.261 e. The van der Waals surface area contributed by atoms with E-state index in [1.165, 1.54) is 11.8 Å². The minimum Gasteiger partial charge on any atom is -0.325 e. The number of carbonyl (C=O) groups is 1. The molecule has 0 saturated carbocycles. The Kier molecular flexibility index (Phi) is 7.20. The predicted molar refractivity (Wildman–Crippen MR) is 127 cm³/mol. The SMILES string of the molecule is Cc1ccc(S(=O)(=O)Nc2ccc(SCC(=O)Nc3ccc(I)cc3)cc2)cc1. The molecule has 29 heavy (non-hydrogen) atoms. The standard InChI is InChI=1S/C21H19IN2O3S2/c1-15-2-12-20(13-3-15)29(26,27)24-18-8-10-19(11-9-18)28-14-21(25)23-17-6-4-16(22)5-7-17/h2-13,24H,14H2,1H3,(H,23,25). The molecule has 0 saturated heterocycles. The molecule has 0 radical (unpaired) electrons. The van der Waals surface area contributed by atoms with Crippen LogP contribution in [0.5, 0.6) is 0 Å². The second-order valence-electron chi connectivity index (χ2n) is 6.29. The number of rotatable bonds is 7.